The van der Waals surface area contributed by atoms with Gasteiger partial charge in [-0.2, -0.15) is 0 Å². The molecule has 0 atom stereocenters. The van der Waals surface area contributed by atoms with Crippen LogP contribution in [0.4, 0.5) is 0 Å². The Balaban J connectivity index is 2.87. The number of carboxylic acids is 1. The van der Waals surface area contributed by atoms with Gasteiger partial charge in [-0.1, -0.05) is 6.07 Å². The monoisotopic (exact) mass is 247 g/mol. The van der Waals surface area contributed by atoms with E-state index in [0.29, 0.717) is 0 Å². The second kappa shape index (κ2) is 4.37. The summed E-state index contributed by atoms with van der Waals surface area (Å²) in [4.78, 5) is 11.0. The molecule has 0 unspecified atom stereocenters. The molecule has 0 aliphatic heterocycles. The van der Waals surface area contributed by atoms with Gasteiger partial charge in [-0.3, -0.25) is 4.79 Å². The van der Waals surface area contributed by atoms with Crippen LogP contribution in [0, 0.1) is 13.8 Å². The van der Waals surface area contributed by atoms with Crippen molar-refractivity contribution in [2.75, 3.05) is 7.11 Å². The average Bonchev–Trinajstić information content (AvgIpc) is 2.56. The average molecular weight is 247 g/mol. The number of rotatable bonds is 3. The Morgan fingerprint density at radius 3 is 2.61 bits per heavy atom. The van der Waals surface area contributed by atoms with Gasteiger partial charge >= 0.3 is 5.97 Å². The molecule has 96 valence electrons. The lowest BCUT2D eigenvalue weighted by Crippen LogP contribution is -2.02. The summed E-state index contributed by atoms with van der Waals surface area (Å²) in [6, 6.07) is 3.88. The van der Waals surface area contributed by atoms with Gasteiger partial charge in [0.05, 0.1) is 19.0 Å². The molecule has 2 aromatic rings. The Hall–Kier alpha value is -1.97. The summed E-state index contributed by atoms with van der Waals surface area (Å²) in [6.07, 6.45) is 0.0389. The van der Waals surface area contributed by atoms with E-state index in [2.05, 4.69) is 0 Å². The van der Waals surface area contributed by atoms with Crippen LogP contribution in [0.2, 0.25) is 0 Å². The van der Waals surface area contributed by atoms with Crippen LogP contribution in [-0.4, -0.2) is 22.8 Å². The van der Waals surface area contributed by atoms with Crippen LogP contribution in [0.1, 0.15) is 16.8 Å². The molecule has 1 aromatic heterocycles. The van der Waals surface area contributed by atoms with Crippen molar-refractivity contribution in [3.05, 3.63) is 29.0 Å². The number of fused-ring (bicyclic) bond motifs is 1. The van der Waals surface area contributed by atoms with Gasteiger partial charge in [-0.25, -0.2) is 0 Å². The van der Waals surface area contributed by atoms with E-state index in [9.17, 15) is 4.79 Å². The SMILES string of the molecule is COc1ccc(C)c2c(CC(=O)O)c(C)n(C)c12. The number of nitrogens with zero attached hydrogens (tertiary/aromatic N) is 1. The van der Waals surface area contributed by atoms with Gasteiger partial charge in [-0.15, -0.1) is 0 Å². The molecule has 4 heteroatoms. The van der Waals surface area contributed by atoms with E-state index in [-0.39, 0.29) is 6.42 Å². The van der Waals surface area contributed by atoms with Crippen molar-refractivity contribution in [2.45, 2.75) is 20.3 Å². The Labute approximate surface area is 106 Å². The zero-order valence-corrected chi connectivity index (χ0v) is 11.1. The van der Waals surface area contributed by atoms with Crippen LogP contribution in [0.5, 0.6) is 5.75 Å². The first kappa shape index (κ1) is 12.5. The van der Waals surface area contributed by atoms with Gasteiger partial charge in [-0.05, 0) is 31.0 Å². The highest BCUT2D eigenvalue weighted by molar-refractivity contribution is 5.95. The summed E-state index contributed by atoms with van der Waals surface area (Å²) in [5, 5.41) is 10.0. The quantitative estimate of drug-likeness (QED) is 0.906. The van der Waals surface area contributed by atoms with Crippen molar-refractivity contribution in [1.82, 2.24) is 4.57 Å². The summed E-state index contributed by atoms with van der Waals surface area (Å²) in [5.41, 5.74) is 3.88. The number of aryl methyl sites for hydroxylation is 2. The van der Waals surface area contributed by atoms with Crippen molar-refractivity contribution < 1.29 is 14.6 Å². The molecule has 0 amide bonds. The molecule has 18 heavy (non-hydrogen) atoms. The molecule has 1 N–H and O–H groups in total. The lowest BCUT2D eigenvalue weighted by atomic mass is 10.0. The number of aromatic nitrogens is 1. The Morgan fingerprint density at radius 2 is 2.06 bits per heavy atom. The van der Waals surface area contributed by atoms with Crippen LogP contribution >= 0.6 is 0 Å². The predicted octanol–water partition coefficient (Wildman–Crippen LogP) is 2.43. The summed E-state index contributed by atoms with van der Waals surface area (Å²) in [5.74, 6) is -0.0364. The maximum atomic E-state index is 11.0. The van der Waals surface area contributed by atoms with E-state index in [1.807, 2.05) is 37.6 Å². The smallest absolute Gasteiger partial charge is 0.307 e. The lowest BCUT2D eigenvalue weighted by molar-refractivity contribution is -0.136. The highest BCUT2D eigenvalue weighted by Crippen LogP contribution is 2.34. The van der Waals surface area contributed by atoms with Gasteiger partial charge in [0, 0.05) is 18.1 Å². The van der Waals surface area contributed by atoms with Crippen molar-refractivity contribution in [3.8, 4) is 5.75 Å². The third kappa shape index (κ3) is 1.74. The summed E-state index contributed by atoms with van der Waals surface area (Å²) < 4.78 is 7.37. The number of hydrogen-bond donors (Lipinski definition) is 1. The molecular formula is C14H17NO3. The third-order valence-corrected chi connectivity index (χ3v) is 3.47. The van der Waals surface area contributed by atoms with Crippen LogP contribution < -0.4 is 4.74 Å². The van der Waals surface area contributed by atoms with Crippen LogP contribution in [0.25, 0.3) is 10.9 Å². The van der Waals surface area contributed by atoms with Crippen molar-refractivity contribution >= 4 is 16.9 Å². The first-order valence-corrected chi connectivity index (χ1v) is 5.80. The zero-order chi connectivity index (χ0) is 13.4. The second-order valence-electron chi connectivity index (χ2n) is 4.50. The predicted molar refractivity (Wildman–Crippen MR) is 70.3 cm³/mol. The summed E-state index contributed by atoms with van der Waals surface area (Å²) in [6.45, 7) is 3.93. The standard InChI is InChI=1S/C14H17NO3/c1-8-5-6-11(18-4)14-13(8)10(7-12(16)17)9(2)15(14)3/h5-6H,7H2,1-4H3,(H,16,17). The molecule has 0 radical (unpaired) electrons. The Morgan fingerprint density at radius 1 is 1.39 bits per heavy atom. The summed E-state index contributed by atoms with van der Waals surface area (Å²) in [7, 11) is 3.56. The maximum absolute atomic E-state index is 11.0. The first-order valence-electron chi connectivity index (χ1n) is 5.80. The van der Waals surface area contributed by atoms with Crippen LogP contribution in [0.15, 0.2) is 12.1 Å². The van der Waals surface area contributed by atoms with E-state index in [4.69, 9.17) is 9.84 Å². The highest BCUT2D eigenvalue weighted by atomic mass is 16.5. The van der Waals surface area contributed by atoms with Crippen LogP contribution in [0.3, 0.4) is 0 Å². The van der Waals surface area contributed by atoms with Gasteiger partial charge in [0.15, 0.2) is 0 Å². The molecule has 2 rings (SSSR count). The number of ether oxygens (including phenoxy) is 1. The normalized spacial score (nSPS) is 10.9. The van der Waals surface area contributed by atoms with Crippen molar-refractivity contribution in [1.29, 1.82) is 0 Å². The van der Waals surface area contributed by atoms with Crippen molar-refractivity contribution in [3.63, 3.8) is 0 Å². The first-order chi connectivity index (χ1) is 8.47. The zero-order valence-electron chi connectivity index (χ0n) is 11.1. The topological polar surface area (TPSA) is 51.5 Å². The van der Waals surface area contributed by atoms with Gasteiger partial charge in [0.25, 0.3) is 0 Å². The minimum Gasteiger partial charge on any atom is -0.495 e. The van der Waals surface area contributed by atoms with E-state index in [1.54, 1.807) is 7.11 Å². The molecule has 1 heterocycles. The van der Waals surface area contributed by atoms with E-state index >= 15 is 0 Å². The van der Waals surface area contributed by atoms with Gasteiger partial charge < -0.3 is 14.4 Å². The van der Waals surface area contributed by atoms with E-state index in [1.165, 1.54) is 0 Å². The van der Waals surface area contributed by atoms with Crippen molar-refractivity contribution in [2.24, 2.45) is 7.05 Å². The minimum atomic E-state index is -0.812. The molecule has 0 saturated carbocycles. The molecule has 0 aliphatic carbocycles. The van der Waals surface area contributed by atoms with Crippen LogP contribution in [-0.2, 0) is 18.3 Å². The van der Waals surface area contributed by atoms with Gasteiger partial charge in [0.2, 0.25) is 0 Å². The third-order valence-electron chi connectivity index (χ3n) is 3.47. The summed E-state index contributed by atoms with van der Waals surface area (Å²) >= 11 is 0. The molecule has 0 bridgehead atoms. The fourth-order valence-electron chi connectivity index (χ4n) is 2.47. The Bertz CT molecular complexity index is 626. The number of hydrogen-bond acceptors (Lipinski definition) is 2. The molecule has 1 aromatic carbocycles. The molecule has 0 fully saturated rings. The number of carbonyl (C=O) groups is 1. The molecular weight excluding hydrogens is 230 g/mol. The fourth-order valence-corrected chi connectivity index (χ4v) is 2.47. The number of aliphatic carboxylic acids is 1. The maximum Gasteiger partial charge on any atom is 0.307 e. The fraction of sp³-hybridized carbons (Fsp3) is 0.357. The van der Waals surface area contributed by atoms with Gasteiger partial charge in [0.1, 0.15) is 5.75 Å². The van der Waals surface area contributed by atoms with E-state index in [0.717, 1.165) is 33.5 Å². The number of benzene rings is 1. The molecule has 4 nitrogen and oxygen atoms in total. The van der Waals surface area contributed by atoms with E-state index < -0.39 is 5.97 Å². The number of carboxylic acid groups (broad SMARTS) is 1. The molecule has 0 saturated heterocycles. The molecule has 0 aliphatic rings. The second-order valence-corrected chi connectivity index (χ2v) is 4.50. The molecule has 0 spiro atoms. The number of methoxy groups -OCH3 is 1. The lowest BCUT2D eigenvalue weighted by Gasteiger charge is -2.07. The highest BCUT2D eigenvalue weighted by Gasteiger charge is 2.18. The Kier molecular flexibility index (Phi) is 3.03. The largest absolute Gasteiger partial charge is 0.495 e. The minimum absolute atomic E-state index is 0.0389.